The van der Waals surface area contributed by atoms with Crippen molar-refractivity contribution in [1.82, 2.24) is 0 Å². The van der Waals surface area contributed by atoms with E-state index in [9.17, 15) is 0 Å². The minimum absolute atomic E-state index is 0.0978. The van der Waals surface area contributed by atoms with Crippen LogP contribution in [0, 0.1) is 6.92 Å². The smallest absolute Gasteiger partial charge is 0.127 e. The molecular formula is C14H12Br2O2. The van der Waals surface area contributed by atoms with Gasteiger partial charge in [-0.15, -0.1) is 0 Å². The number of hydrogen-bond donors (Lipinski definition) is 0. The first-order valence-electron chi connectivity index (χ1n) is 5.80. The second-order valence-corrected chi connectivity index (χ2v) is 6.21. The van der Waals surface area contributed by atoms with E-state index in [-0.39, 0.29) is 4.83 Å². The predicted octanol–water partition coefficient (Wildman–Crippen LogP) is 4.77. The number of fused-ring (bicyclic) bond motifs is 1. The fourth-order valence-electron chi connectivity index (χ4n) is 2.31. The van der Waals surface area contributed by atoms with Gasteiger partial charge in [-0.2, -0.15) is 0 Å². The van der Waals surface area contributed by atoms with Gasteiger partial charge in [-0.3, -0.25) is 0 Å². The molecule has 0 aliphatic carbocycles. The van der Waals surface area contributed by atoms with Crippen LogP contribution in [0.15, 0.2) is 33.4 Å². The number of furan rings is 1. The average molecular weight is 372 g/mol. The third-order valence-electron chi connectivity index (χ3n) is 3.22. The Labute approximate surface area is 123 Å². The molecule has 0 bridgehead atoms. The van der Waals surface area contributed by atoms with Gasteiger partial charge in [-0.25, -0.2) is 0 Å². The first-order chi connectivity index (χ1) is 8.66. The molecule has 1 aromatic heterocycles. The van der Waals surface area contributed by atoms with E-state index >= 15 is 0 Å². The lowest BCUT2D eigenvalue weighted by Crippen LogP contribution is -1.97. The fourth-order valence-corrected chi connectivity index (χ4v) is 3.65. The van der Waals surface area contributed by atoms with E-state index in [4.69, 9.17) is 9.15 Å². The van der Waals surface area contributed by atoms with E-state index in [1.54, 1.807) is 6.26 Å². The Morgan fingerprint density at radius 3 is 2.83 bits per heavy atom. The molecule has 0 fully saturated rings. The van der Waals surface area contributed by atoms with Crippen molar-refractivity contribution in [2.24, 2.45) is 0 Å². The lowest BCUT2D eigenvalue weighted by molar-refractivity contribution is 0.354. The van der Waals surface area contributed by atoms with Gasteiger partial charge >= 0.3 is 0 Å². The van der Waals surface area contributed by atoms with Crippen LogP contribution in [0.5, 0.6) is 5.75 Å². The van der Waals surface area contributed by atoms with Gasteiger partial charge in [0.2, 0.25) is 0 Å². The zero-order valence-corrected chi connectivity index (χ0v) is 13.0. The van der Waals surface area contributed by atoms with Crippen molar-refractivity contribution in [3.63, 3.8) is 0 Å². The first-order valence-corrected chi connectivity index (χ1v) is 7.51. The lowest BCUT2D eigenvalue weighted by atomic mass is 10.0. The molecule has 1 unspecified atom stereocenters. The van der Waals surface area contributed by atoms with E-state index in [1.807, 2.05) is 13.0 Å². The van der Waals surface area contributed by atoms with Crippen molar-refractivity contribution in [2.45, 2.75) is 18.2 Å². The molecule has 0 spiro atoms. The highest BCUT2D eigenvalue weighted by atomic mass is 79.9. The summed E-state index contributed by atoms with van der Waals surface area (Å²) in [5, 5.41) is 0. The molecule has 1 aliphatic heterocycles. The van der Waals surface area contributed by atoms with Crippen molar-refractivity contribution in [1.29, 1.82) is 0 Å². The number of aryl methyl sites for hydroxylation is 1. The number of rotatable bonds is 2. The molecule has 3 rings (SSSR count). The normalized spacial score (nSPS) is 15.3. The minimum Gasteiger partial charge on any atom is -0.493 e. The van der Waals surface area contributed by atoms with E-state index in [2.05, 4.69) is 44.0 Å². The molecule has 0 radical (unpaired) electrons. The Morgan fingerprint density at radius 1 is 1.28 bits per heavy atom. The predicted molar refractivity (Wildman–Crippen MR) is 77.6 cm³/mol. The molecule has 2 nitrogen and oxygen atoms in total. The molecular weight excluding hydrogens is 360 g/mol. The Hall–Kier alpha value is -0.740. The summed E-state index contributed by atoms with van der Waals surface area (Å²) in [7, 11) is 0. The highest BCUT2D eigenvalue weighted by Crippen LogP contribution is 2.43. The number of hydrogen-bond acceptors (Lipinski definition) is 2. The van der Waals surface area contributed by atoms with Crippen LogP contribution >= 0.6 is 31.9 Å². The van der Waals surface area contributed by atoms with Crippen molar-refractivity contribution < 1.29 is 9.15 Å². The molecule has 0 amide bonds. The second kappa shape index (κ2) is 4.74. The monoisotopic (exact) mass is 370 g/mol. The van der Waals surface area contributed by atoms with Gasteiger partial charge in [0.25, 0.3) is 0 Å². The SMILES string of the molecule is Cc1occc1C(Br)c1cc(Br)cc2c1OCC2. The summed E-state index contributed by atoms with van der Waals surface area (Å²) in [5.74, 6) is 1.95. The second-order valence-electron chi connectivity index (χ2n) is 4.38. The number of ether oxygens (including phenoxy) is 1. The zero-order valence-electron chi connectivity index (χ0n) is 9.87. The summed E-state index contributed by atoms with van der Waals surface area (Å²) in [6.45, 7) is 2.74. The summed E-state index contributed by atoms with van der Waals surface area (Å²) in [4.78, 5) is 0.0978. The highest BCUT2D eigenvalue weighted by Gasteiger charge is 2.24. The van der Waals surface area contributed by atoms with Gasteiger partial charge in [0.05, 0.1) is 17.7 Å². The molecule has 2 heterocycles. The lowest BCUT2D eigenvalue weighted by Gasteiger charge is -2.14. The van der Waals surface area contributed by atoms with Crippen LogP contribution in [0.3, 0.4) is 0 Å². The summed E-state index contributed by atoms with van der Waals surface area (Å²) >= 11 is 7.32. The van der Waals surface area contributed by atoms with Crippen LogP contribution in [0.25, 0.3) is 0 Å². The summed E-state index contributed by atoms with van der Waals surface area (Å²) in [6, 6.07) is 6.24. The zero-order chi connectivity index (χ0) is 12.7. The molecule has 1 aliphatic rings. The van der Waals surface area contributed by atoms with Crippen LogP contribution in [-0.4, -0.2) is 6.61 Å². The van der Waals surface area contributed by atoms with Crippen LogP contribution in [-0.2, 0) is 6.42 Å². The van der Waals surface area contributed by atoms with Gasteiger partial charge in [-0.1, -0.05) is 31.9 Å². The standard InChI is InChI=1S/C14H12Br2O2/c1-8-11(3-5-17-8)13(16)12-7-10(15)6-9-2-4-18-14(9)12/h3,5-7,13H,2,4H2,1H3. The van der Waals surface area contributed by atoms with Gasteiger partial charge in [0.1, 0.15) is 11.5 Å². The number of halogens is 2. The fraction of sp³-hybridized carbons (Fsp3) is 0.286. The van der Waals surface area contributed by atoms with Crippen molar-refractivity contribution in [2.75, 3.05) is 6.61 Å². The molecule has 4 heteroatoms. The van der Waals surface area contributed by atoms with Crippen LogP contribution < -0.4 is 4.74 Å². The Balaban J connectivity index is 2.10. The maximum atomic E-state index is 5.76. The minimum atomic E-state index is 0.0978. The molecule has 0 saturated heterocycles. The van der Waals surface area contributed by atoms with E-state index in [1.165, 1.54) is 5.56 Å². The molecule has 0 N–H and O–H groups in total. The van der Waals surface area contributed by atoms with Crippen LogP contribution in [0.1, 0.15) is 27.3 Å². The summed E-state index contributed by atoms with van der Waals surface area (Å²) < 4.78 is 12.2. The molecule has 18 heavy (non-hydrogen) atoms. The van der Waals surface area contributed by atoms with Crippen molar-refractivity contribution in [3.8, 4) is 5.75 Å². The Morgan fingerprint density at radius 2 is 2.11 bits per heavy atom. The van der Waals surface area contributed by atoms with Crippen molar-refractivity contribution in [3.05, 3.63) is 51.4 Å². The molecule has 0 saturated carbocycles. The summed E-state index contributed by atoms with van der Waals surface area (Å²) in [6.07, 6.45) is 2.70. The van der Waals surface area contributed by atoms with Crippen molar-refractivity contribution >= 4 is 31.9 Å². The molecule has 94 valence electrons. The van der Waals surface area contributed by atoms with Crippen LogP contribution in [0.4, 0.5) is 0 Å². The Bertz CT molecular complexity index is 589. The van der Waals surface area contributed by atoms with E-state index in [0.717, 1.165) is 40.1 Å². The highest BCUT2D eigenvalue weighted by molar-refractivity contribution is 9.10. The molecule has 1 aromatic carbocycles. The largest absolute Gasteiger partial charge is 0.493 e. The van der Waals surface area contributed by atoms with Gasteiger partial charge in [0, 0.05) is 22.0 Å². The quantitative estimate of drug-likeness (QED) is 0.709. The number of benzene rings is 1. The van der Waals surface area contributed by atoms with Gasteiger partial charge < -0.3 is 9.15 Å². The Kier molecular flexibility index (Phi) is 3.24. The molecule has 2 aromatic rings. The maximum Gasteiger partial charge on any atom is 0.127 e. The van der Waals surface area contributed by atoms with Gasteiger partial charge in [-0.05, 0) is 30.7 Å². The number of alkyl halides is 1. The molecule has 1 atom stereocenters. The van der Waals surface area contributed by atoms with Gasteiger partial charge in [0.15, 0.2) is 0 Å². The average Bonchev–Trinajstić information content (AvgIpc) is 2.95. The van der Waals surface area contributed by atoms with E-state index in [0.29, 0.717) is 0 Å². The summed E-state index contributed by atoms with van der Waals surface area (Å²) in [5.41, 5.74) is 3.57. The third kappa shape index (κ3) is 2.01. The van der Waals surface area contributed by atoms with E-state index < -0.39 is 0 Å². The van der Waals surface area contributed by atoms with Crippen LogP contribution in [0.2, 0.25) is 0 Å². The maximum absolute atomic E-state index is 5.76. The first kappa shape index (κ1) is 12.3. The third-order valence-corrected chi connectivity index (χ3v) is 4.67. The topological polar surface area (TPSA) is 22.4 Å².